The molecule has 1 heterocycles. The van der Waals surface area contributed by atoms with Crippen LogP contribution >= 0.6 is 0 Å². The van der Waals surface area contributed by atoms with E-state index in [0.717, 1.165) is 40.0 Å². The van der Waals surface area contributed by atoms with Crippen LogP contribution in [-0.2, 0) is 33.8 Å². The second-order valence-corrected chi connectivity index (χ2v) is 10.4. The number of aliphatic hydroxyl groups excluding tert-OH is 1. The topological polar surface area (TPSA) is 57.2 Å². The fourth-order valence-electron chi connectivity index (χ4n) is 5.27. The average Bonchev–Trinajstić information content (AvgIpc) is 3.01. The van der Waals surface area contributed by atoms with Crippen LogP contribution < -0.4 is 4.74 Å². The number of hydrogen-bond donors (Lipinski definition) is 1. The number of rotatable bonds is 12. The third-order valence-electron chi connectivity index (χ3n) is 7.41. The van der Waals surface area contributed by atoms with Crippen LogP contribution in [0.1, 0.15) is 46.8 Å². The third-order valence-corrected chi connectivity index (χ3v) is 7.41. The van der Waals surface area contributed by atoms with Gasteiger partial charge >= 0.3 is 0 Å². The van der Waals surface area contributed by atoms with E-state index in [4.69, 9.17) is 18.9 Å². The molecule has 0 radical (unpaired) electrons. The molecule has 1 fully saturated rings. The first-order valence-corrected chi connectivity index (χ1v) is 14.0. The predicted octanol–water partition coefficient (Wildman–Crippen LogP) is 6.67. The fourth-order valence-corrected chi connectivity index (χ4v) is 5.27. The maximum atomic E-state index is 11.7. The molecular weight excluding hydrogens is 500 g/mol. The normalized spacial score (nSPS) is 19.7. The summed E-state index contributed by atoms with van der Waals surface area (Å²) in [4.78, 5) is 0. The molecule has 0 bridgehead atoms. The molecule has 208 valence electrons. The maximum absolute atomic E-state index is 11.7. The Morgan fingerprint density at radius 2 is 1.40 bits per heavy atom. The lowest BCUT2D eigenvalue weighted by atomic mass is 9.90. The SMILES string of the molecule is COc1ccc(Cc2ccccc2C(O)C2CC(OCc3ccccc3)CC(COCc3ccccc3)O2)cc1. The van der Waals surface area contributed by atoms with Crippen molar-refractivity contribution >= 4 is 0 Å². The second-order valence-electron chi connectivity index (χ2n) is 10.4. The van der Waals surface area contributed by atoms with E-state index in [1.807, 2.05) is 66.7 Å². The van der Waals surface area contributed by atoms with Crippen LogP contribution in [0.2, 0.25) is 0 Å². The van der Waals surface area contributed by atoms with Gasteiger partial charge in [-0.3, -0.25) is 0 Å². The van der Waals surface area contributed by atoms with Gasteiger partial charge in [0.15, 0.2) is 0 Å². The molecule has 5 rings (SSSR count). The van der Waals surface area contributed by atoms with Crippen LogP contribution in [0.25, 0.3) is 0 Å². The summed E-state index contributed by atoms with van der Waals surface area (Å²) in [6, 6.07) is 36.5. The summed E-state index contributed by atoms with van der Waals surface area (Å²) in [6.45, 7) is 1.49. The summed E-state index contributed by atoms with van der Waals surface area (Å²) in [7, 11) is 1.67. The Balaban J connectivity index is 1.29. The molecule has 4 atom stereocenters. The minimum Gasteiger partial charge on any atom is -0.497 e. The van der Waals surface area contributed by atoms with E-state index in [0.29, 0.717) is 32.7 Å². The van der Waals surface area contributed by atoms with Crippen molar-refractivity contribution in [2.45, 2.75) is 56.9 Å². The van der Waals surface area contributed by atoms with Gasteiger partial charge in [0, 0.05) is 12.8 Å². The quantitative estimate of drug-likeness (QED) is 0.218. The van der Waals surface area contributed by atoms with Gasteiger partial charge in [-0.15, -0.1) is 0 Å². The number of hydrogen-bond acceptors (Lipinski definition) is 5. The van der Waals surface area contributed by atoms with Crippen molar-refractivity contribution in [3.8, 4) is 5.75 Å². The Labute approximate surface area is 237 Å². The van der Waals surface area contributed by atoms with Gasteiger partial charge in [0.2, 0.25) is 0 Å². The predicted molar refractivity (Wildman–Crippen MR) is 156 cm³/mol. The third kappa shape index (κ3) is 7.80. The Bertz CT molecular complexity index is 1290. The monoisotopic (exact) mass is 538 g/mol. The fraction of sp³-hybridized carbons (Fsp3) is 0.314. The average molecular weight is 539 g/mol. The zero-order chi connectivity index (χ0) is 27.6. The van der Waals surface area contributed by atoms with Crippen LogP contribution in [0.5, 0.6) is 5.75 Å². The first kappa shape index (κ1) is 28.1. The zero-order valence-corrected chi connectivity index (χ0v) is 23.0. The van der Waals surface area contributed by atoms with Crippen LogP contribution in [0.4, 0.5) is 0 Å². The largest absolute Gasteiger partial charge is 0.497 e. The smallest absolute Gasteiger partial charge is 0.118 e. The molecule has 1 aliphatic rings. The standard InChI is InChI=1S/C35H38O5/c1-37-30-18-16-26(17-19-30)20-29-14-8-9-15-33(29)35(36)34-22-31(39-24-28-12-6-3-7-13-28)21-32(40-34)25-38-23-27-10-4-2-5-11-27/h2-19,31-32,34-36H,20-25H2,1H3. The molecule has 0 amide bonds. The molecule has 0 spiro atoms. The van der Waals surface area contributed by atoms with Gasteiger partial charge < -0.3 is 24.1 Å². The number of benzene rings is 4. The molecule has 0 aliphatic carbocycles. The summed E-state index contributed by atoms with van der Waals surface area (Å²) in [6.07, 6.45) is 0.630. The Morgan fingerprint density at radius 3 is 2.10 bits per heavy atom. The lowest BCUT2D eigenvalue weighted by molar-refractivity contribution is -0.169. The van der Waals surface area contributed by atoms with Gasteiger partial charge in [-0.1, -0.05) is 97.1 Å². The molecule has 1 N–H and O–H groups in total. The minimum absolute atomic E-state index is 0.0484. The van der Waals surface area contributed by atoms with E-state index in [2.05, 4.69) is 42.5 Å². The van der Waals surface area contributed by atoms with Crippen molar-refractivity contribution in [1.82, 2.24) is 0 Å². The number of ether oxygens (including phenoxy) is 4. The van der Waals surface area contributed by atoms with Gasteiger partial charge in [0.1, 0.15) is 11.9 Å². The van der Waals surface area contributed by atoms with Crippen molar-refractivity contribution < 1.29 is 24.1 Å². The summed E-state index contributed by atoms with van der Waals surface area (Å²) in [5.74, 6) is 0.828. The highest BCUT2D eigenvalue weighted by Crippen LogP contribution is 2.33. The van der Waals surface area contributed by atoms with Crippen LogP contribution in [-0.4, -0.2) is 37.1 Å². The lowest BCUT2D eigenvalue weighted by Crippen LogP contribution is -2.42. The van der Waals surface area contributed by atoms with Gasteiger partial charge in [-0.25, -0.2) is 0 Å². The van der Waals surface area contributed by atoms with Gasteiger partial charge in [-0.05, 0) is 46.4 Å². The molecule has 5 nitrogen and oxygen atoms in total. The van der Waals surface area contributed by atoms with Gasteiger partial charge in [-0.2, -0.15) is 0 Å². The van der Waals surface area contributed by atoms with Gasteiger partial charge in [0.25, 0.3) is 0 Å². The Kier molecular flexibility index (Phi) is 9.99. The zero-order valence-electron chi connectivity index (χ0n) is 23.0. The summed E-state index contributed by atoms with van der Waals surface area (Å²) in [5, 5.41) is 11.7. The summed E-state index contributed by atoms with van der Waals surface area (Å²) < 4.78 is 24.2. The number of methoxy groups -OCH3 is 1. The summed E-state index contributed by atoms with van der Waals surface area (Å²) >= 11 is 0. The molecule has 0 aromatic heterocycles. The van der Waals surface area contributed by atoms with E-state index in [-0.39, 0.29) is 12.2 Å². The van der Waals surface area contributed by atoms with Crippen LogP contribution in [0.3, 0.4) is 0 Å². The minimum atomic E-state index is -0.783. The Morgan fingerprint density at radius 1 is 0.750 bits per heavy atom. The second kappa shape index (κ2) is 14.2. The molecule has 4 aromatic carbocycles. The van der Waals surface area contributed by atoms with Crippen molar-refractivity contribution in [1.29, 1.82) is 0 Å². The van der Waals surface area contributed by atoms with E-state index in [1.165, 1.54) is 0 Å². The lowest BCUT2D eigenvalue weighted by Gasteiger charge is -2.38. The van der Waals surface area contributed by atoms with Gasteiger partial charge in [0.05, 0.1) is 45.2 Å². The molecule has 40 heavy (non-hydrogen) atoms. The molecule has 0 saturated carbocycles. The first-order valence-electron chi connectivity index (χ1n) is 14.0. The molecule has 1 aliphatic heterocycles. The highest BCUT2D eigenvalue weighted by Gasteiger charge is 2.35. The van der Waals surface area contributed by atoms with E-state index < -0.39 is 12.2 Å². The Hall–Kier alpha value is -3.48. The molecule has 5 heteroatoms. The highest BCUT2D eigenvalue weighted by atomic mass is 16.6. The molecule has 1 saturated heterocycles. The highest BCUT2D eigenvalue weighted by molar-refractivity contribution is 5.36. The molecule has 4 unspecified atom stereocenters. The summed E-state index contributed by atoms with van der Waals surface area (Å²) in [5.41, 5.74) is 5.37. The van der Waals surface area contributed by atoms with Crippen LogP contribution in [0, 0.1) is 0 Å². The first-order chi connectivity index (χ1) is 19.7. The van der Waals surface area contributed by atoms with Crippen molar-refractivity contribution in [2.75, 3.05) is 13.7 Å². The molecular formula is C35H38O5. The van der Waals surface area contributed by atoms with E-state index >= 15 is 0 Å². The number of aliphatic hydroxyl groups is 1. The van der Waals surface area contributed by atoms with Crippen molar-refractivity contribution in [2.24, 2.45) is 0 Å². The van der Waals surface area contributed by atoms with Crippen molar-refractivity contribution in [3.05, 3.63) is 137 Å². The van der Waals surface area contributed by atoms with Crippen LogP contribution in [0.15, 0.2) is 109 Å². The maximum Gasteiger partial charge on any atom is 0.118 e. The molecule has 4 aromatic rings. The van der Waals surface area contributed by atoms with Crippen molar-refractivity contribution in [3.63, 3.8) is 0 Å². The van der Waals surface area contributed by atoms with E-state index in [1.54, 1.807) is 7.11 Å². The van der Waals surface area contributed by atoms with E-state index in [9.17, 15) is 5.11 Å².